The van der Waals surface area contributed by atoms with Crippen LogP contribution in [0, 0.1) is 17.2 Å². The lowest BCUT2D eigenvalue weighted by Crippen LogP contribution is -2.60. The number of ether oxygens (including phenoxy) is 1. The highest BCUT2D eigenvalue weighted by Crippen LogP contribution is 2.48. The largest absolute Gasteiger partial charge is 0.493 e. The van der Waals surface area contributed by atoms with Gasteiger partial charge in [-0.15, -0.1) is 0 Å². The van der Waals surface area contributed by atoms with Crippen LogP contribution in [0.15, 0.2) is 30.3 Å². The van der Waals surface area contributed by atoms with E-state index in [-0.39, 0.29) is 65.0 Å². The molecule has 0 unspecified atom stereocenters. The second kappa shape index (κ2) is 10.9. The van der Waals surface area contributed by atoms with Gasteiger partial charge >= 0.3 is 12.1 Å². The van der Waals surface area contributed by atoms with E-state index in [9.17, 15) is 27.9 Å². The summed E-state index contributed by atoms with van der Waals surface area (Å²) in [5.74, 6) is -2.56. The van der Waals surface area contributed by atoms with Gasteiger partial charge in [-0.25, -0.2) is 9.18 Å². The maximum atomic E-state index is 15.3. The summed E-state index contributed by atoms with van der Waals surface area (Å²) in [5, 5.41) is 9.82. The van der Waals surface area contributed by atoms with Crippen molar-refractivity contribution >= 4 is 35.1 Å². The van der Waals surface area contributed by atoms with E-state index in [1.165, 1.54) is 34.1 Å². The number of amides is 1. The van der Waals surface area contributed by atoms with Crippen LogP contribution in [0.4, 0.5) is 17.6 Å². The van der Waals surface area contributed by atoms with Crippen molar-refractivity contribution in [2.75, 3.05) is 26.2 Å². The Kier molecular flexibility index (Phi) is 7.98. The van der Waals surface area contributed by atoms with Gasteiger partial charge in [-0.05, 0) is 66.5 Å². The maximum absolute atomic E-state index is 15.3. The van der Waals surface area contributed by atoms with E-state index in [2.05, 4.69) is 0 Å². The van der Waals surface area contributed by atoms with Crippen LogP contribution < -0.4 is 4.74 Å². The standard InChI is InChI=1S/C29H30Cl2F4N2O4/c1-15-5-6-37(24(15)27(39)40)26(38)21-10-20(16-3-4-16)23(11-22(21)32)41-14-28(2)12-36(13-28)25(29(33,34)35)17-7-18(30)9-19(31)8-17/h7-11,15-16,24-25H,3-6,12-14H2,1-2H3,(H,39,40)/t15-,24-,25-/m0/s1. The predicted octanol–water partition coefficient (Wildman–Crippen LogP) is 6.95. The number of nitrogens with zero attached hydrogens (tertiary/aromatic N) is 2. The number of carbonyl (C=O) groups excluding carboxylic acids is 1. The number of carboxylic acids is 1. The summed E-state index contributed by atoms with van der Waals surface area (Å²) in [6, 6.07) is 3.57. The Balaban J connectivity index is 1.31. The molecule has 0 radical (unpaired) electrons. The minimum atomic E-state index is -4.56. The molecular weight excluding hydrogens is 587 g/mol. The fourth-order valence-electron chi connectivity index (χ4n) is 6.08. The molecule has 0 bridgehead atoms. The number of carbonyl (C=O) groups is 2. The molecule has 5 rings (SSSR count). The summed E-state index contributed by atoms with van der Waals surface area (Å²) in [5.41, 5.74) is -0.240. The smallest absolute Gasteiger partial charge is 0.408 e. The van der Waals surface area contributed by atoms with E-state index < -0.39 is 41.4 Å². The number of carboxylic acid groups (broad SMARTS) is 1. The van der Waals surface area contributed by atoms with Crippen LogP contribution in [0.1, 0.15) is 66.6 Å². The first-order valence-corrected chi connectivity index (χ1v) is 14.2. The lowest BCUT2D eigenvalue weighted by molar-refractivity contribution is -0.213. The third kappa shape index (κ3) is 6.15. The zero-order valence-corrected chi connectivity index (χ0v) is 24.0. The summed E-state index contributed by atoms with van der Waals surface area (Å²) in [4.78, 5) is 27.4. The van der Waals surface area contributed by atoms with E-state index in [0.29, 0.717) is 12.0 Å². The number of halogens is 6. The molecule has 41 heavy (non-hydrogen) atoms. The van der Waals surface area contributed by atoms with Crippen LogP contribution in [0.25, 0.3) is 0 Å². The van der Waals surface area contributed by atoms with Gasteiger partial charge in [0.1, 0.15) is 23.7 Å². The third-order valence-corrected chi connectivity index (χ3v) is 8.62. The second-order valence-corrected chi connectivity index (χ2v) is 12.7. The number of hydrogen-bond acceptors (Lipinski definition) is 4. The molecule has 222 valence electrons. The number of benzene rings is 2. The van der Waals surface area contributed by atoms with Crippen LogP contribution in [0.2, 0.25) is 10.0 Å². The first-order valence-electron chi connectivity index (χ1n) is 13.4. The summed E-state index contributed by atoms with van der Waals surface area (Å²) < 4.78 is 63.5. The highest BCUT2D eigenvalue weighted by Gasteiger charge is 2.52. The Morgan fingerprint density at radius 2 is 1.73 bits per heavy atom. The lowest BCUT2D eigenvalue weighted by Gasteiger charge is -2.51. The van der Waals surface area contributed by atoms with E-state index in [1.807, 2.05) is 0 Å². The van der Waals surface area contributed by atoms with Gasteiger partial charge in [-0.2, -0.15) is 13.2 Å². The summed E-state index contributed by atoms with van der Waals surface area (Å²) in [7, 11) is 0. The zero-order valence-electron chi connectivity index (χ0n) is 22.5. The topological polar surface area (TPSA) is 70.1 Å². The highest BCUT2D eigenvalue weighted by atomic mass is 35.5. The molecule has 0 spiro atoms. The minimum Gasteiger partial charge on any atom is -0.493 e. The lowest BCUT2D eigenvalue weighted by atomic mass is 9.80. The molecule has 6 nitrogen and oxygen atoms in total. The third-order valence-electron chi connectivity index (χ3n) is 8.18. The highest BCUT2D eigenvalue weighted by molar-refractivity contribution is 6.34. The summed E-state index contributed by atoms with van der Waals surface area (Å²) >= 11 is 11.9. The fourth-order valence-corrected chi connectivity index (χ4v) is 6.62. The summed E-state index contributed by atoms with van der Waals surface area (Å²) in [6.45, 7) is 3.96. The van der Waals surface area contributed by atoms with Gasteiger partial charge in [0, 0.05) is 41.2 Å². The number of aliphatic carboxylic acids is 1. The normalized spacial score (nSPS) is 23.3. The van der Waals surface area contributed by atoms with Gasteiger partial charge in [0.15, 0.2) is 0 Å². The van der Waals surface area contributed by atoms with Crippen LogP contribution in [0.3, 0.4) is 0 Å². The van der Waals surface area contributed by atoms with Crippen molar-refractivity contribution in [3.05, 3.63) is 62.9 Å². The van der Waals surface area contributed by atoms with Crippen LogP contribution in [-0.4, -0.2) is 65.2 Å². The molecule has 2 aromatic rings. The molecule has 12 heteroatoms. The number of alkyl halides is 3. The molecule has 1 amide bonds. The van der Waals surface area contributed by atoms with Gasteiger partial charge < -0.3 is 14.7 Å². The molecule has 2 saturated heterocycles. The van der Waals surface area contributed by atoms with E-state index >= 15 is 4.39 Å². The van der Waals surface area contributed by atoms with Crippen molar-refractivity contribution in [3.63, 3.8) is 0 Å². The molecule has 3 atom stereocenters. The number of likely N-dealkylation sites (tertiary alicyclic amines) is 2. The first kappa shape index (κ1) is 29.9. The monoisotopic (exact) mass is 616 g/mol. The molecular formula is C29H30Cl2F4N2O4. The van der Waals surface area contributed by atoms with Crippen molar-refractivity contribution in [3.8, 4) is 5.75 Å². The van der Waals surface area contributed by atoms with Gasteiger partial charge in [-0.3, -0.25) is 9.69 Å². The van der Waals surface area contributed by atoms with Crippen molar-refractivity contribution in [2.45, 2.75) is 57.3 Å². The van der Waals surface area contributed by atoms with Crippen molar-refractivity contribution < 1.29 is 37.0 Å². The van der Waals surface area contributed by atoms with Crippen molar-refractivity contribution in [1.29, 1.82) is 0 Å². The molecule has 2 heterocycles. The van der Waals surface area contributed by atoms with Gasteiger partial charge in [0.05, 0.1) is 12.2 Å². The zero-order chi connectivity index (χ0) is 29.9. The Bertz CT molecular complexity index is 1340. The van der Waals surface area contributed by atoms with E-state index in [4.69, 9.17) is 27.9 Å². The Morgan fingerprint density at radius 1 is 1.10 bits per heavy atom. The van der Waals surface area contributed by atoms with Gasteiger partial charge in [0.25, 0.3) is 5.91 Å². The average Bonchev–Trinajstić information content (AvgIpc) is 3.60. The average molecular weight is 617 g/mol. The minimum absolute atomic E-state index is 0.0432. The Labute approximate surface area is 245 Å². The van der Waals surface area contributed by atoms with Crippen LogP contribution in [0.5, 0.6) is 5.75 Å². The first-order chi connectivity index (χ1) is 19.2. The molecule has 1 saturated carbocycles. The molecule has 1 aliphatic carbocycles. The van der Waals surface area contributed by atoms with Crippen molar-refractivity contribution in [2.24, 2.45) is 11.3 Å². The summed E-state index contributed by atoms with van der Waals surface area (Å²) in [6.07, 6.45) is -2.40. The number of rotatable bonds is 8. The van der Waals surface area contributed by atoms with Gasteiger partial charge in [-0.1, -0.05) is 37.0 Å². The SMILES string of the molecule is C[C@H]1CCN(C(=O)c2cc(C3CC3)c(OCC3(C)CN([C@@H](c4cc(Cl)cc(Cl)c4)C(F)(F)F)C3)cc2F)[C@@H]1C(=O)O. The van der Waals surface area contributed by atoms with E-state index in [0.717, 1.165) is 18.9 Å². The van der Waals surface area contributed by atoms with E-state index in [1.54, 1.807) is 13.8 Å². The fraction of sp³-hybridized carbons (Fsp3) is 0.517. The predicted molar refractivity (Wildman–Crippen MR) is 145 cm³/mol. The molecule has 3 fully saturated rings. The van der Waals surface area contributed by atoms with Crippen LogP contribution >= 0.6 is 23.2 Å². The number of hydrogen-bond donors (Lipinski definition) is 1. The van der Waals surface area contributed by atoms with Gasteiger partial charge in [0.2, 0.25) is 0 Å². The second-order valence-electron chi connectivity index (χ2n) is 11.8. The Morgan fingerprint density at radius 3 is 2.29 bits per heavy atom. The molecule has 3 aliphatic rings. The molecule has 2 aromatic carbocycles. The quantitative estimate of drug-likeness (QED) is 0.325. The Hall–Kier alpha value is -2.56. The maximum Gasteiger partial charge on any atom is 0.408 e. The molecule has 1 N–H and O–H groups in total. The van der Waals surface area contributed by atoms with Crippen LogP contribution in [-0.2, 0) is 4.79 Å². The molecule has 0 aromatic heterocycles. The van der Waals surface area contributed by atoms with Crippen molar-refractivity contribution in [1.82, 2.24) is 9.80 Å². The molecule has 2 aliphatic heterocycles.